The van der Waals surface area contributed by atoms with Gasteiger partial charge in [0.1, 0.15) is 0 Å². The van der Waals surface area contributed by atoms with E-state index in [9.17, 15) is 4.79 Å². The lowest BCUT2D eigenvalue weighted by Gasteiger charge is -2.20. The van der Waals surface area contributed by atoms with Crippen molar-refractivity contribution in [3.8, 4) is 0 Å². The van der Waals surface area contributed by atoms with Crippen LogP contribution < -0.4 is 11.1 Å². The molecule has 6 heteroatoms. The number of benzene rings is 1. The normalized spacial score (nSPS) is 10.8. The number of nitrogens with one attached hydrogen (secondary N) is 1. The quantitative estimate of drug-likeness (QED) is 0.602. The Hall–Kier alpha value is -1.63. The first-order chi connectivity index (χ1) is 9.56. The number of methoxy groups -OCH3 is 1. The van der Waals surface area contributed by atoms with Crippen LogP contribution in [0.5, 0.6) is 0 Å². The van der Waals surface area contributed by atoms with Gasteiger partial charge in [0.2, 0.25) is 5.91 Å². The van der Waals surface area contributed by atoms with Gasteiger partial charge in [-0.3, -0.25) is 9.69 Å². The number of hydrogen-bond donors (Lipinski definition) is 3. The Morgan fingerprint density at radius 1 is 1.45 bits per heavy atom. The lowest BCUT2D eigenvalue weighted by molar-refractivity contribution is -0.117. The number of hydrogen-bond acceptors (Lipinski definition) is 5. The number of carbonyl (C=O) groups excluding carboxylic acids is 1. The highest BCUT2D eigenvalue weighted by Crippen LogP contribution is 2.16. The molecule has 0 saturated heterocycles. The van der Waals surface area contributed by atoms with Gasteiger partial charge in [0, 0.05) is 31.6 Å². The second-order valence-corrected chi connectivity index (χ2v) is 4.61. The molecule has 0 fully saturated rings. The van der Waals surface area contributed by atoms with Crippen LogP contribution in [0.3, 0.4) is 0 Å². The van der Waals surface area contributed by atoms with Crippen LogP contribution in [0.2, 0.25) is 0 Å². The number of nitrogens with two attached hydrogens (primary N) is 1. The van der Waals surface area contributed by atoms with Crippen LogP contribution in [0.4, 0.5) is 11.4 Å². The summed E-state index contributed by atoms with van der Waals surface area (Å²) < 4.78 is 4.98. The van der Waals surface area contributed by atoms with E-state index in [-0.39, 0.29) is 19.1 Å². The van der Waals surface area contributed by atoms with Crippen LogP contribution in [-0.2, 0) is 9.53 Å². The zero-order valence-electron chi connectivity index (χ0n) is 12.1. The highest BCUT2D eigenvalue weighted by Gasteiger charge is 2.10. The topological polar surface area (TPSA) is 87.8 Å². The van der Waals surface area contributed by atoms with Gasteiger partial charge in [-0.2, -0.15) is 0 Å². The van der Waals surface area contributed by atoms with E-state index >= 15 is 0 Å². The second kappa shape index (κ2) is 8.52. The Labute approximate surface area is 119 Å². The van der Waals surface area contributed by atoms with E-state index in [4.69, 9.17) is 15.6 Å². The van der Waals surface area contributed by atoms with Gasteiger partial charge in [-0.05, 0) is 24.6 Å². The first-order valence-corrected chi connectivity index (χ1v) is 6.55. The minimum absolute atomic E-state index is 0.00841. The van der Waals surface area contributed by atoms with Crippen molar-refractivity contribution in [2.45, 2.75) is 6.92 Å². The van der Waals surface area contributed by atoms with Gasteiger partial charge < -0.3 is 20.9 Å². The molecule has 1 aromatic rings. The molecule has 20 heavy (non-hydrogen) atoms. The summed E-state index contributed by atoms with van der Waals surface area (Å²) in [5, 5.41) is 11.8. The van der Waals surface area contributed by atoms with Crippen LogP contribution in [-0.4, -0.2) is 55.9 Å². The predicted molar refractivity (Wildman–Crippen MR) is 79.6 cm³/mol. The lowest BCUT2D eigenvalue weighted by Crippen LogP contribution is -2.37. The Balaban J connectivity index is 2.53. The number of carbonyl (C=O) groups is 1. The first-order valence-electron chi connectivity index (χ1n) is 6.55. The Morgan fingerprint density at radius 2 is 2.20 bits per heavy atom. The highest BCUT2D eigenvalue weighted by atomic mass is 16.5. The third-order valence-corrected chi connectivity index (χ3v) is 2.96. The molecule has 6 nitrogen and oxygen atoms in total. The van der Waals surface area contributed by atoms with Crippen molar-refractivity contribution in [2.24, 2.45) is 0 Å². The van der Waals surface area contributed by atoms with Crippen molar-refractivity contribution in [1.82, 2.24) is 4.90 Å². The summed E-state index contributed by atoms with van der Waals surface area (Å²) in [5.41, 5.74) is 8.10. The minimum atomic E-state index is -0.141. The fourth-order valence-electron chi connectivity index (χ4n) is 1.75. The number of nitrogen functional groups attached to an aromatic ring is 1. The van der Waals surface area contributed by atoms with E-state index in [0.717, 1.165) is 5.56 Å². The van der Waals surface area contributed by atoms with Crippen LogP contribution in [0.25, 0.3) is 0 Å². The van der Waals surface area contributed by atoms with Gasteiger partial charge in [-0.1, -0.05) is 6.07 Å². The van der Waals surface area contributed by atoms with Gasteiger partial charge in [0.15, 0.2) is 0 Å². The molecular formula is C14H23N3O3. The Kier molecular flexibility index (Phi) is 7.00. The molecule has 0 aliphatic carbocycles. The lowest BCUT2D eigenvalue weighted by atomic mass is 10.2. The molecule has 112 valence electrons. The van der Waals surface area contributed by atoms with Gasteiger partial charge in [-0.15, -0.1) is 0 Å². The van der Waals surface area contributed by atoms with E-state index in [1.54, 1.807) is 13.2 Å². The van der Waals surface area contributed by atoms with E-state index in [0.29, 0.717) is 31.1 Å². The minimum Gasteiger partial charge on any atom is -0.398 e. The summed E-state index contributed by atoms with van der Waals surface area (Å²) in [7, 11) is 1.60. The fraction of sp³-hybridized carbons (Fsp3) is 0.500. The number of aryl methyl sites for hydroxylation is 1. The largest absolute Gasteiger partial charge is 0.398 e. The van der Waals surface area contributed by atoms with E-state index in [1.807, 2.05) is 24.0 Å². The van der Waals surface area contributed by atoms with Crippen molar-refractivity contribution < 1.29 is 14.6 Å². The molecule has 0 radical (unpaired) electrons. The molecule has 0 bridgehead atoms. The van der Waals surface area contributed by atoms with Gasteiger partial charge in [-0.25, -0.2) is 0 Å². The predicted octanol–water partition coefficient (Wildman–Crippen LogP) is 0.456. The van der Waals surface area contributed by atoms with E-state index in [1.165, 1.54) is 0 Å². The Morgan fingerprint density at radius 3 is 2.80 bits per heavy atom. The SMILES string of the molecule is COCCN(CCO)CC(=O)Nc1ccc(C)c(N)c1. The van der Waals surface area contributed by atoms with Crippen LogP contribution >= 0.6 is 0 Å². The number of anilines is 2. The van der Waals surface area contributed by atoms with E-state index in [2.05, 4.69) is 5.32 Å². The molecule has 0 atom stereocenters. The molecule has 4 N–H and O–H groups in total. The molecular weight excluding hydrogens is 258 g/mol. The molecule has 0 aliphatic heterocycles. The summed E-state index contributed by atoms with van der Waals surface area (Å²) in [4.78, 5) is 13.8. The smallest absolute Gasteiger partial charge is 0.238 e. The average Bonchev–Trinajstić information content (AvgIpc) is 2.40. The maximum Gasteiger partial charge on any atom is 0.238 e. The molecule has 0 heterocycles. The second-order valence-electron chi connectivity index (χ2n) is 4.61. The third kappa shape index (κ3) is 5.56. The van der Waals surface area contributed by atoms with Crippen molar-refractivity contribution >= 4 is 17.3 Å². The van der Waals surface area contributed by atoms with Crippen LogP contribution in [0.15, 0.2) is 18.2 Å². The standard InChI is InChI=1S/C14H23N3O3/c1-11-3-4-12(9-13(11)15)16-14(19)10-17(5-7-18)6-8-20-2/h3-4,9,18H,5-8,10,15H2,1-2H3,(H,16,19). The number of ether oxygens (including phenoxy) is 1. The highest BCUT2D eigenvalue weighted by molar-refractivity contribution is 5.92. The number of rotatable bonds is 8. The maximum atomic E-state index is 11.9. The van der Waals surface area contributed by atoms with E-state index < -0.39 is 0 Å². The molecule has 1 amide bonds. The first kappa shape index (κ1) is 16.4. The number of nitrogens with zero attached hydrogens (tertiary/aromatic N) is 1. The molecule has 0 spiro atoms. The average molecular weight is 281 g/mol. The zero-order chi connectivity index (χ0) is 15.0. The summed E-state index contributed by atoms with van der Waals surface area (Å²) >= 11 is 0. The van der Waals surface area contributed by atoms with Gasteiger partial charge in [0.05, 0.1) is 19.8 Å². The molecule has 0 saturated carbocycles. The summed E-state index contributed by atoms with van der Waals surface area (Å²) in [5.74, 6) is -0.141. The summed E-state index contributed by atoms with van der Waals surface area (Å²) in [6, 6.07) is 5.41. The number of amides is 1. The summed E-state index contributed by atoms with van der Waals surface area (Å²) in [6.45, 7) is 3.68. The van der Waals surface area contributed by atoms with Crippen molar-refractivity contribution in [3.05, 3.63) is 23.8 Å². The van der Waals surface area contributed by atoms with Crippen molar-refractivity contribution in [1.29, 1.82) is 0 Å². The van der Waals surface area contributed by atoms with Crippen LogP contribution in [0.1, 0.15) is 5.56 Å². The molecule has 1 rings (SSSR count). The van der Waals surface area contributed by atoms with Crippen molar-refractivity contribution in [3.63, 3.8) is 0 Å². The molecule has 0 aliphatic rings. The van der Waals surface area contributed by atoms with Crippen molar-refractivity contribution in [2.75, 3.05) is 51.0 Å². The monoisotopic (exact) mass is 281 g/mol. The van der Waals surface area contributed by atoms with Gasteiger partial charge in [0.25, 0.3) is 0 Å². The zero-order valence-corrected chi connectivity index (χ0v) is 12.1. The number of aliphatic hydroxyl groups is 1. The van der Waals surface area contributed by atoms with Gasteiger partial charge >= 0.3 is 0 Å². The molecule has 0 aromatic heterocycles. The third-order valence-electron chi connectivity index (χ3n) is 2.96. The van der Waals surface area contributed by atoms with Crippen LogP contribution in [0, 0.1) is 6.92 Å². The fourth-order valence-corrected chi connectivity index (χ4v) is 1.75. The molecule has 1 aromatic carbocycles. The maximum absolute atomic E-state index is 11.9. The summed E-state index contributed by atoms with van der Waals surface area (Å²) in [6.07, 6.45) is 0. The number of aliphatic hydroxyl groups excluding tert-OH is 1. The Bertz CT molecular complexity index is 438. The molecule has 0 unspecified atom stereocenters.